The average molecular weight is 467 g/mol. The average Bonchev–Trinajstić information content (AvgIpc) is 3.35. The topological polar surface area (TPSA) is 32.3 Å². The predicted molar refractivity (Wildman–Crippen MR) is 139 cm³/mol. The second-order valence-electron chi connectivity index (χ2n) is 10.5. The van der Waals surface area contributed by atoms with Gasteiger partial charge in [0.15, 0.2) is 0 Å². The number of nitrogens with zero attached hydrogens (tertiary/aromatic N) is 1. The number of benzene rings is 1. The molecule has 1 aromatic carbocycles. The van der Waals surface area contributed by atoms with Gasteiger partial charge in [-0.1, -0.05) is 80.8 Å². The summed E-state index contributed by atoms with van der Waals surface area (Å²) in [6.45, 7) is 3.91. The molecule has 1 N–H and O–H groups in total. The van der Waals surface area contributed by atoms with Crippen LogP contribution in [-0.2, 0) is 17.8 Å². The van der Waals surface area contributed by atoms with Crippen LogP contribution in [0.3, 0.4) is 0 Å². The molecule has 1 unspecified atom stereocenters. The first-order valence-corrected chi connectivity index (χ1v) is 14.1. The number of thiophene rings is 1. The van der Waals surface area contributed by atoms with Gasteiger partial charge in [0, 0.05) is 17.8 Å². The van der Waals surface area contributed by atoms with E-state index in [9.17, 15) is 4.79 Å². The molecular weight excluding hydrogens is 424 g/mol. The Labute approximate surface area is 205 Å². The fraction of sp³-hybridized carbons (Fsp3) is 0.621. The summed E-state index contributed by atoms with van der Waals surface area (Å²) < 4.78 is 0. The van der Waals surface area contributed by atoms with Crippen molar-refractivity contribution in [2.24, 2.45) is 5.41 Å². The number of hydrogen-bond donors (Lipinski definition) is 1. The van der Waals surface area contributed by atoms with Crippen LogP contribution in [0, 0.1) is 12.3 Å². The van der Waals surface area contributed by atoms with E-state index >= 15 is 0 Å². The Morgan fingerprint density at radius 3 is 2.30 bits per heavy atom. The molecule has 3 nitrogen and oxygen atoms in total. The van der Waals surface area contributed by atoms with Crippen molar-refractivity contribution in [2.45, 2.75) is 103 Å². The van der Waals surface area contributed by atoms with E-state index in [1.807, 2.05) is 0 Å². The summed E-state index contributed by atoms with van der Waals surface area (Å²) in [4.78, 5) is 16.9. The highest BCUT2D eigenvalue weighted by molar-refractivity contribution is 7.09. The minimum Gasteiger partial charge on any atom is -0.322 e. The van der Waals surface area contributed by atoms with E-state index in [1.165, 1.54) is 80.2 Å². The van der Waals surface area contributed by atoms with Gasteiger partial charge in [-0.15, -0.1) is 11.3 Å². The van der Waals surface area contributed by atoms with Crippen LogP contribution in [0.15, 0.2) is 41.8 Å². The van der Waals surface area contributed by atoms with Crippen LogP contribution in [0.1, 0.15) is 93.1 Å². The van der Waals surface area contributed by atoms with Crippen molar-refractivity contribution in [3.8, 4) is 0 Å². The minimum absolute atomic E-state index is 0.165. The molecule has 0 radical (unpaired) electrons. The number of piperidine rings is 1. The second kappa shape index (κ2) is 12.2. The summed E-state index contributed by atoms with van der Waals surface area (Å²) in [5.41, 5.74) is 2.97. The smallest absolute Gasteiger partial charge is 0.224 e. The van der Waals surface area contributed by atoms with Gasteiger partial charge >= 0.3 is 0 Å². The van der Waals surface area contributed by atoms with Gasteiger partial charge in [0.1, 0.15) is 0 Å². The Balaban J connectivity index is 1.39. The highest BCUT2D eigenvalue weighted by Gasteiger charge is 2.37. The fourth-order valence-corrected chi connectivity index (χ4v) is 6.46. The van der Waals surface area contributed by atoms with Crippen LogP contribution in [0.4, 0.5) is 0 Å². The summed E-state index contributed by atoms with van der Waals surface area (Å²) in [5.74, 6) is 0.281. The highest BCUT2D eigenvalue weighted by Crippen LogP contribution is 2.40. The van der Waals surface area contributed by atoms with Crippen LogP contribution in [0.5, 0.6) is 0 Å². The van der Waals surface area contributed by atoms with E-state index in [2.05, 4.69) is 58.9 Å². The lowest BCUT2D eigenvalue weighted by atomic mass is 9.71. The Kier molecular flexibility index (Phi) is 9.03. The largest absolute Gasteiger partial charge is 0.322 e. The van der Waals surface area contributed by atoms with Gasteiger partial charge in [-0.3, -0.25) is 10.1 Å². The first-order chi connectivity index (χ1) is 16.1. The SMILES string of the molecule is Cc1ccc(CCC(=O)N(Cc2cccs2)C2CCC3(CCCCCCCCC3)CN2)cc1. The lowest BCUT2D eigenvalue weighted by Gasteiger charge is -2.45. The van der Waals surface area contributed by atoms with Crippen molar-refractivity contribution in [2.75, 3.05) is 6.54 Å². The second-order valence-corrected chi connectivity index (χ2v) is 11.5. The maximum Gasteiger partial charge on any atom is 0.224 e. The monoisotopic (exact) mass is 466 g/mol. The van der Waals surface area contributed by atoms with E-state index in [-0.39, 0.29) is 12.1 Å². The van der Waals surface area contributed by atoms with Gasteiger partial charge in [-0.2, -0.15) is 0 Å². The van der Waals surface area contributed by atoms with E-state index in [0.29, 0.717) is 11.8 Å². The molecule has 1 atom stereocenters. The van der Waals surface area contributed by atoms with Gasteiger partial charge < -0.3 is 4.90 Å². The maximum absolute atomic E-state index is 13.5. The van der Waals surface area contributed by atoms with Crippen molar-refractivity contribution < 1.29 is 4.79 Å². The molecule has 2 aliphatic rings. The lowest BCUT2D eigenvalue weighted by Crippen LogP contribution is -2.55. The zero-order valence-electron chi connectivity index (χ0n) is 20.5. The molecule has 2 heterocycles. The van der Waals surface area contributed by atoms with E-state index in [1.54, 1.807) is 11.3 Å². The zero-order chi connectivity index (χ0) is 22.9. The van der Waals surface area contributed by atoms with Crippen molar-refractivity contribution in [1.29, 1.82) is 0 Å². The Morgan fingerprint density at radius 1 is 1.00 bits per heavy atom. The summed E-state index contributed by atoms with van der Waals surface area (Å²) in [5, 5.41) is 5.99. The molecular formula is C29H42N2OS. The van der Waals surface area contributed by atoms with Gasteiger partial charge in [0.2, 0.25) is 5.91 Å². The van der Waals surface area contributed by atoms with Gasteiger partial charge in [-0.25, -0.2) is 0 Å². The van der Waals surface area contributed by atoms with Crippen LogP contribution in [0.2, 0.25) is 0 Å². The van der Waals surface area contributed by atoms with E-state index < -0.39 is 0 Å². The maximum atomic E-state index is 13.5. The van der Waals surface area contributed by atoms with E-state index in [0.717, 1.165) is 25.9 Å². The third kappa shape index (κ3) is 7.16. The molecule has 1 aromatic heterocycles. The quantitative estimate of drug-likeness (QED) is 0.487. The highest BCUT2D eigenvalue weighted by atomic mass is 32.1. The molecule has 4 heteroatoms. The van der Waals surface area contributed by atoms with Gasteiger partial charge in [-0.05, 0) is 61.5 Å². The summed E-state index contributed by atoms with van der Waals surface area (Å²) in [7, 11) is 0. The molecule has 0 bridgehead atoms. The first kappa shape index (κ1) is 24.5. The van der Waals surface area contributed by atoms with Crippen LogP contribution >= 0.6 is 11.3 Å². The number of rotatable bonds is 6. The molecule has 1 saturated carbocycles. The van der Waals surface area contributed by atoms with E-state index in [4.69, 9.17) is 0 Å². The molecule has 4 rings (SSSR count). The van der Waals surface area contributed by atoms with Crippen LogP contribution in [0.25, 0.3) is 0 Å². The van der Waals surface area contributed by atoms with Crippen molar-refractivity contribution in [3.63, 3.8) is 0 Å². The molecule has 1 spiro atoms. The fourth-order valence-electron chi connectivity index (χ4n) is 5.76. The number of hydrogen-bond acceptors (Lipinski definition) is 3. The predicted octanol–water partition coefficient (Wildman–Crippen LogP) is 7.24. The summed E-state index contributed by atoms with van der Waals surface area (Å²) in [6, 6.07) is 12.9. The lowest BCUT2D eigenvalue weighted by molar-refractivity contribution is -0.136. The summed E-state index contributed by atoms with van der Waals surface area (Å²) in [6.07, 6.45) is 16.4. The van der Waals surface area contributed by atoms with Gasteiger partial charge in [0.05, 0.1) is 12.7 Å². The molecule has 1 amide bonds. The molecule has 1 aliphatic carbocycles. The number of carbonyl (C=O) groups excluding carboxylic acids is 1. The van der Waals surface area contributed by atoms with Crippen molar-refractivity contribution in [1.82, 2.24) is 10.2 Å². The number of amides is 1. The molecule has 2 fully saturated rings. The van der Waals surface area contributed by atoms with Crippen molar-refractivity contribution in [3.05, 3.63) is 57.8 Å². The third-order valence-corrected chi connectivity index (χ3v) is 8.79. The Hall–Kier alpha value is -1.65. The zero-order valence-corrected chi connectivity index (χ0v) is 21.3. The molecule has 2 aromatic rings. The normalized spacial score (nSPS) is 21.5. The van der Waals surface area contributed by atoms with Crippen molar-refractivity contribution >= 4 is 17.2 Å². The first-order valence-electron chi connectivity index (χ1n) is 13.2. The minimum atomic E-state index is 0.165. The van der Waals surface area contributed by atoms with Crippen LogP contribution < -0.4 is 5.32 Å². The molecule has 180 valence electrons. The van der Waals surface area contributed by atoms with Gasteiger partial charge in [0.25, 0.3) is 0 Å². The molecule has 33 heavy (non-hydrogen) atoms. The third-order valence-electron chi connectivity index (χ3n) is 7.93. The Morgan fingerprint density at radius 2 is 1.70 bits per heavy atom. The standard InChI is InChI=1S/C29H42N2OS/c1-24-11-13-25(14-12-24)15-16-28(32)31(22-26-10-9-21-33-26)27-17-20-29(23-30-27)18-7-5-3-2-4-6-8-19-29/h9-14,21,27,30H,2-8,15-20,22-23H2,1H3. The number of carbonyl (C=O) groups is 1. The van der Waals surface area contributed by atoms with Crippen LogP contribution in [-0.4, -0.2) is 23.5 Å². The Bertz CT molecular complexity index is 825. The number of nitrogens with one attached hydrogen (secondary N) is 1. The summed E-state index contributed by atoms with van der Waals surface area (Å²) >= 11 is 1.76. The molecule has 1 saturated heterocycles. The number of aryl methyl sites for hydroxylation is 2. The molecule has 1 aliphatic heterocycles.